The van der Waals surface area contributed by atoms with Crippen molar-refractivity contribution in [3.63, 3.8) is 0 Å². The maximum Gasteiger partial charge on any atom is 2.00 e. The first kappa shape index (κ1) is 25.8. The molecule has 4 nitrogen and oxygen atoms in total. The molecule has 0 atom stereocenters. The van der Waals surface area contributed by atoms with Crippen molar-refractivity contribution >= 4 is 5.69 Å². The van der Waals surface area contributed by atoms with Crippen LogP contribution in [0.3, 0.4) is 0 Å². The van der Waals surface area contributed by atoms with Crippen molar-refractivity contribution in [1.29, 1.82) is 0 Å². The van der Waals surface area contributed by atoms with Gasteiger partial charge in [-0.05, 0) is 51.5 Å². The third kappa shape index (κ3) is 6.18. The normalized spacial score (nSPS) is 12.4. The van der Waals surface area contributed by atoms with E-state index in [9.17, 15) is 0 Å². The molecule has 0 bridgehead atoms. The van der Waals surface area contributed by atoms with Crippen molar-refractivity contribution in [2.75, 3.05) is 0 Å². The van der Waals surface area contributed by atoms with Gasteiger partial charge in [-0.3, -0.25) is 4.98 Å². The summed E-state index contributed by atoms with van der Waals surface area (Å²) in [5, 5.41) is 0. The van der Waals surface area contributed by atoms with Crippen LogP contribution in [0.1, 0.15) is 52.7 Å². The van der Waals surface area contributed by atoms with Gasteiger partial charge >= 0.3 is 21.1 Å². The number of nitrogens with zero attached hydrogens (tertiary/aromatic N) is 4. The largest absolute Gasteiger partial charge is 2.00 e. The first-order valence-corrected chi connectivity index (χ1v) is 11.2. The Bertz CT molecular complexity index is 1340. The summed E-state index contributed by atoms with van der Waals surface area (Å²) in [5.41, 5.74) is 7.37. The van der Waals surface area contributed by atoms with Gasteiger partial charge in [-0.25, -0.2) is 0 Å². The number of aromatic nitrogens is 3. The summed E-state index contributed by atoms with van der Waals surface area (Å²) in [6.45, 7) is 13.2. The van der Waals surface area contributed by atoms with E-state index in [-0.39, 0.29) is 31.9 Å². The summed E-state index contributed by atoms with van der Waals surface area (Å²) in [5.74, 6) is 0. The summed E-state index contributed by atoms with van der Waals surface area (Å²) in [6, 6.07) is 23.5. The molecule has 0 amide bonds. The number of pyridine rings is 3. The van der Waals surface area contributed by atoms with Gasteiger partial charge in [-0.1, -0.05) is 71.3 Å². The molecule has 0 saturated carbocycles. The summed E-state index contributed by atoms with van der Waals surface area (Å²) >= 11 is 0. The Morgan fingerprint density at radius 3 is 1.97 bits per heavy atom. The molecule has 3 heterocycles. The molecule has 3 aromatic heterocycles. The predicted octanol–water partition coefficient (Wildman–Crippen LogP) is 6.39. The molecule has 34 heavy (non-hydrogen) atoms. The zero-order valence-corrected chi connectivity index (χ0v) is 22.8. The van der Waals surface area contributed by atoms with Crippen molar-refractivity contribution in [2.24, 2.45) is 4.99 Å². The predicted molar refractivity (Wildman–Crippen MR) is 134 cm³/mol. The SMILES string of the molecule is CC(C)(C)c1ccnc(-c2[c-]c(N=c3cccc(-c4cc(C(C)(C)C)ccn4)[n-]3)ccc2)c1.[Pt+2]. The zero-order valence-electron chi connectivity index (χ0n) is 20.5. The number of hydrogen-bond acceptors (Lipinski definition) is 3. The summed E-state index contributed by atoms with van der Waals surface area (Å²) in [4.78, 5) is 18.6. The Kier molecular flexibility index (Phi) is 7.73. The van der Waals surface area contributed by atoms with E-state index in [1.165, 1.54) is 11.1 Å². The number of hydrogen-bond donors (Lipinski definition) is 0. The molecular weight excluding hydrogens is 599 g/mol. The van der Waals surface area contributed by atoms with Crippen LogP contribution in [-0.4, -0.2) is 9.97 Å². The Balaban J connectivity index is 0.00000324. The van der Waals surface area contributed by atoms with Crippen LogP contribution in [0.15, 0.2) is 78.0 Å². The van der Waals surface area contributed by atoms with Crippen LogP contribution in [0.2, 0.25) is 0 Å². The van der Waals surface area contributed by atoms with Gasteiger partial charge < -0.3 is 15.0 Å². The summed E-state index contributed by atoms with van der Waals surface area (Å²) in [7, 11) is 0. The van der Waals surface area contributed by atoms with Gasteiger partial charge in [-0.15, -0.1) is 35.5 Å². The second-order valence-corrected chi connectivity index (χ2v) is 10.3. The van der Waals surface area contributed by atoms with Crippen LogP contribution >= 0.6 is 0 Å². The van der Waals surface area contributed by atoms with E-state index in [1.807, 2.05) is 48.8 Å². The molecule has 176 valence electrons. The molecule has 4 rings (SSSR count). The minimum Gasteiger partial charge on any atom is -0.455 e. The van der Waals surface area contributed by atoms with Crippen LogP contribution in [0.5, 0.6) is 0 Å². The van der Waals surface area contributed by atoms with Crippen molar-refractivity contribution < 1.29 is 21.1 Å². The molecule has 0 spiro atoms. The van der Waals surface area contributed by atoms with E-state index in [0.29, 0.717) is 5.49 Å². The van der Waals surface area contributed by atoms with E-state index in [4.69, 9.17) is 9.98 Å². The Morgan fingerprint density at radius 2 is 1.32 bits per heavy atom. The van der Waals surface area contributed by atoms with Crippen LogP contribution in [-0.2, 0) is 31.9 Å². The average molecular weight is 630 g/mol. The first-order valence-electron chi connectivity index (χ1n) is 11.2. The van der Waals surface area contributed by atoms with Crippen LogP contribution in [0.25, 0.3) is 22.6 Å². The van der Waals surface area contributed by atoms with E-state index in [0.717, 1.165) is 28.3 Å². The topological polar surface area (TPSA) is 52.2 Å². The fourth-order valence-electron chi connectivity index (χ4n) is 3.50. The molecule has 0 aliphatic carbocycles. The second kappa shape index (κ2) is 10.2. The Hall–Kier alpha value is -2.84. The van der Waals surface area contributed by atoms with E-state index < -0.39 is 0 Å². The Labute approximate surface area is 216 Å². The molecule has 4 aromatic rings. The van der Waals surface area contributed by atoms with E-state index >= 15 is 0 Å². The molecular formula is C29H30N4Pt. The van der Waals surface area contributed by atoms with Gasteiger partial charge in [0.15, 0.2) is 0 Å². The Morgan fingerprint density at radius 1 is 0.735 bits per heavy atom. The summed E-state index contributed by atoms with van der Waals surface area (Å²) in [6.07, 6.45) is 3.70. The van der Waals surface area contributed by atoms with E-state index in [2.05, 4.69) is 81.8 Å². The molecule has 5 heteroatoms. The molecule has 0 unspecified atom stereocenters. The van der Waals surface area contributed by atoms with Crippen molar-refractivity contribution in [3.8, 4) is 22.6 Å². The molecule has 0 fully saturated rings. The number of rotatable bonds is 3. The zero-order chi connectivity index (χ0) is 23.6. The van der Waals surface area contributed by atoms with Crippen molar-refractivity contribution in [1.82, 2.24) is 15.0 Å². The molecule has 0 aliphatic heterocycles. The van der Waals surface area contributed by atoms with Crippen LogP contribution < -0.4 is 10.5 Å². The van der Waals surface area contributed by atoms with Crippen molar-refractivity contribution in [2.45, 2.75) is 52.4 Å². The fraction of sp³-hybridized carbons (Fsp3) is 0.276. The maximum absolute atomic E-state index is 4.75. The smallest absolute Gasteiger partial charge is 0.455 e. The van der Waals surface area contributed by atoms with Crippen LogP contribution in [0, 0.1) is 6.07 Å². The van der Waals surface area contributed by atoms with Crippen molar-refractivity contribution in [3.05, 3.63) is 95.7 Å². The van der Waals surface area contributed by atoms with Gasteiger partial charge in [0.1, 0.15) is 0 Å². The molecule has 0 saturated heterocycles. The molecule has 0 N–H and O–H groups in total. The quantitative estimate of drug-likeness (QED) is 0.247. The van der Waals surface area contributed by atoms with Gasteiger partial charge in [0.05, 0.1) is 5.69 Å². The average Bonchev–Trinajstić information content (AvgIpc) is 2.78. The third-order valence-electron chi connectivity index (χ3n) is 5.54. The minimum atomic E-state index is 0. The molecule has 1 aromatic carbocycles. The molecule has 0 aliphatic rings. The third-order valence-corrected chi connectivity index (χ3v) is 5.54. The van der Waals surface area contributed by atoms with E-state index in [1.54, 1.807) is 0 Å². The van der Waals surface area contributed by atoms with Gasteiger partial charge in [0.25, 0.3) is 0 Å². The maximum atomic E-state index is 4.75. The molecule has 0 radical (unpaired) electrons. The second-order valence-electron chi connectivity index (χ2n) is 10.3. The minimum absolute atomic E-state index is 0. The number of benzene rings is 1. The first-order chi connectivity index (χ1) is 15.6. The van der Waals surface area contributed by atoms with Gasteiger partial charge in [0.2, 0.25) is 0 Å². The van der Waals surface area contributed by atoms with Gasteiger partial charge in [-0.2, -0.15) is 0 Å². The monoisotopic (exact) mass is 629 g/mol. The summed E-state index contributed by atoms with van der Waals surface area (Å²) < 4.78 is 0. The van der Waals surface area contributed by atoms with Gasteiger partial charge in [0, 0.05) is 12.4 Å². The fourth-order valence-corrected chi connectivity index (χ4v) is 3.50. The standard InChI is InChI=1S/C29H30N4.Pt/c1-28(2,3)21-13-15-30-25(18-21)20-9-7-10-23(17-20)32-27-12-8-11-24(33-27)26-19-22(14-16-31-26)29(4,5)6;/h7-16,18-19H,1-6H3;/q-2;+2. The van der Waals surface area contributed by atoms with Crippen LogP contribution in [0.4, 0.5) is 5.69 Å².